The van der Waals surface area contributed by atoms with E-state index in [2.05, 4.69) is 28.8 Å². The Morgan fingerprint density at radius 1 is 1.14 bits per heavy atom. The molecule has 0 aromatic heterocycles. The van der Waals surface area contributed by atoms with Crippen LogP contribution in [0.1, 0.15) is 32.4 Å². The normalized spacial score (nSPS) is 13.9. The van der Waals surface area contributed by atoms with Crippen LogP contribution in [0.2, 0.25) is 0 Å². The molecule has 120 valence electrons. The number of hydrogen-bond donors (Lipinski definition) is 2. The first kappa shape index (κ1) is 18.1. The molecule has 1 rings (SSSR count). The maximum Gasteiger partial charge on any atom is 0.240 e. The van der Waals surface area contributed by atoms with Gasteiger partial charge in [0, 0.05) is 25.2 Å². The van der Waals surface area contributed by atoms with Crippen LogP contribution in [-0.4, -0.2) is 46.5 Å². The second kappa shape index (κ2) is 7.89. The van der Waals surface area contributed by atoms with E-state index in [0.29, 0.717) is 24.0 Å². The molecule has 1 aromatic carbocycles. The molecule has 0 bridgehead atoms. The monoisotopic (exact) mass is 313 g/mol. The Balaban J connectivity index is 2.66. The molecule has 1 atom stereocenters. The third kappa shape index (κ3) is 5.39. The first-order chi connectivity index (χ1) is 9.77. The van der Waals surface area contributed by atoms with Gasteiger partial charge in [-0.1, -0.05) is 12.1 Å². The van der Waals surface area contributed by atoms with Gasteiger partial charge < -0.3 is 10.2 Å². The summed E-state index contributed by atoms with van der Waals surface area (Å²) in [5.41, 5.74) is 1.07. The van der Waals surface area contributed by atoms with Crippen molar-refractivity contribution in [3.05, 3.63) is 29.8 Å². The fraction of sp³-hybridized carbons (Fsp3) is 0.600. The summed E-state index contributed by atoms with van der Waals surface area (Å²) in [5, 5.41) is 3.13. The van der Waals surface area contributed by atoms with Gasteiger partial charge in [-0.2, -0.15) is 0 Å². The maximum absolute atomic E-state index is 12.2. The van der Waals surface area contributed by atoms with Gasteiger partial charge in [0.15, 0.2) is 0 Å². The second-order valence-corrected chi connectivity index (χ2v) is 7.32. The lowest BCUT2D eigenvalue weighted by Crippen LogP contribution is -2.36. The van der Waals surface area contributed by atoms with Crippen LogP contribution >= 0.6 is 0 Å². The molecule has 0 fully saturated rings. The standard InChI is InChI=1S/C15H27N3O2S/c1-12(2)18(5)11-10-17-21(19,20)15-8-6-14(7-9-15)13(3)16-4/h6-9,12-13,16-17H,10-11H2,1-5H3. The highest BCUT2D eigenvalue weighted by atomic mass is 32.2. The Morgan fingerprint density at radius 3 is 2.19 bits per heavy atom. The van der Waals surface area contributed by atoms with Gasteiger partial charge in [-0.25, -0.2) is 13.1 Å². The number of benzene rings is 1. The highest BCUT2D eigenvalue weighted by Crippen LogP contribution is 2.15. The van der Waals surface area contributed by atoms with Crippen LogP contribution in [0.3, 0.4) is 0 Å². The van der Waals surface area contributed by atoms with Gasteiger partial charge in [-0.15, -0.1) is 0 Å². The molecule has 21 heavy (non-hydrogen) atoms. The molecule has 0 saturated carbocycles. The largest absolute Gasteiger partial charge is 0.313 e. The first-order valence-electron chi connectivity index (χ1n) is 7.25. The Labute approximate surface area is 128 Å². The summed E-state index contributed by atoms with van der Waals surface area (Å²) < 4.78 is 27.0. The molecule has 0 amide bonds. The van der Waals surface area contributed by atoms with Gasteiger partial charge in [-0.3, -0.25) is 0 Å². The Hall–Kier alpha value is -0.950. The number of sulfonamides is 1. The zero-order chi connectivity index (χ0) is 16.0. The van der Waals surface area contributed by atoms with Crippen molar-refractivity contribution in [3.63, 3.8) is 0 Å². The van der Waals surface area contributed by atoms with Crippen LogP contribution in [0.15, 0.2) is 29.2 Å². The van der Waals surface area contributed by atoms with Crippen molar-refractivity contribution in [2.75, 3.05) is 27.2 Å². The van der Waals surface area contributed by atoms with E-state index >= 15 is 0 Å². The molecule has 0 spiro atoms. The molecule has 6 heteroatoms. The number of nitrogens with one attached hydrogen (secondary N) is 2. The van der Waals surface area contributed by atoms with Crippen LogP contribution in [0, 0.1) is 0 Å². The van der Waals surface area contributed by atoms with E-state index in [0.717, 1.165) is 5.56 Å². The van der Waals surface area contributed by atoms with Crippen molar-refractivity contribution in [3.8, 4) is 0 Å². The predicted octanol–water partition coefficient (Wildman–Crippen LogP) is 1.59. The Kier molecular flexibility index (Phi) is 6.80. The van der Waals surface area contributed by atoms with Gasteiger partial charge in [0.25, 0.3) is 0 Å². The Bertz CT molecular complexity index is 526. The van der Waals surface area contributed by atoms with E-state index in [9.17, 15) is 8.42 Å². The number of rotatable bonds is 8. The average molecular weight is 313 g/mol. The topological polar surface area (TPSA) is 61.4 Å². The highest BCUT2D eigenvalue weighted by molar-refractivity contribution is 7.89. The zero-order valence-electron chi connectivity index (χ0n) is 13.6. The molecule has 0 aliphatic heterocycles. The fourth-order valence-electron chi connectivity index (χ4n) is 1.80. The molecule has 2 N–H and O–H groups in total. The zero-order valence-corrected chi connectivity index (χ0v) is 14.4. The SMILES string of the molecule is CNC(C)c1ccc(S(=O)(=O)NCCN(C)C(C)C)cc1. The molecule has 0 aliphatic carbocycles. The van der Waals surface area contributed by atoms with Gasteiger partial charge in [0.05, 0.1) is 4.90 Å². The molecular weight excluding hydrogens is 286 g/mol. The van der Waals surface area contributed by atoms with Crippen molar-refractivity contribution in [2.45, 2.75) is 37.8 Å². The minimum atomic E-state index is -3.43. The van der Waals surface area contributed by atoms with Crippen molar-refractivity contribution in [1.29, 1.82) is 0 Å². The van der Waals surface area contributed by atoms with E-state index in [1.54, 1.807) is 12.1 Å². The summed E-state index contributed by atoms with van der Waals surface area (Å²) in [7, 11) is 0.428. The lowest BCUT2D eigenvalue weighted by atomic mass is 10.1. The summed E-state index contributed by atoms with van der Waals surface area (Å²) in [6.45, 7) is 7.28. The van der Waals surface area contributed by atoms with Gasteiger partial charge in [0.1, 0.15) is 0 Å². The van der Waals surface area contributed by atoms with E-state index in [-0.39, 0.29) is 6.04 Å². The summed E-state index contributed by atoms with van der Waals surface area (Å²) in [5.74, 6) is 0. The lowest BCUT2D eigenvalue weighted by Gasteiger charge is -2.20. The summed E-state index contributed by atoms with van der Waals surface area (Å²) >= 11 is 0. The van der Waals surface area contributed by atoms with Crippen molar-refractivity contribution < 1.29 is 8.42 Å². The number of hydrogen-bond acceptors (Lipinski definition) is 4. The molecular formula is C15H27N3O2S. The van der Waals surface area contributed by atoms with E-state index < -0.39 is 10.0 Å². The molecule has 0 heterocycles. The molecule has 0 aliphatic rings. The third-order valence-electron chi connectivity index (χ3n) is 3.76. The Morgan fingerprint density at radius 2 is 1.71 bits per heavy atom. The molecule has 0 saturated heterocycles. The molecule has 1 aromatic rings. The summed E-state index contributed by atoms with van der Waals surface area (Å²) in [4.78, 5) is 2.40. The van der Waals surface area contributed by atoms with Crippen molar-refractivity contribution in [1.82, 2.24) is 14.9 Å². The predicted molar refractivity (Wildman–Crippen MR) is 86.9 cm³/mol. The molecule has 0 radical (unpaired) electrons. The van der Waals surface area contributed by atoms with E-state index in [1.807, 2.05) is 33.2 Å². The molecule has 1 unspecified atom stereocenters. The van der Waals surface area contributed by atoms with Gasteiger partial charge >= 0.3 is 0 Å². The number of likely N-dealkylation sites (N-methyl/N-ethyl adjacent to an activating group) is 1. The average Bonchev–Trinajstić information content (AvgIpc) is 2.46. The first-order valence-corrected chi connectivity index (χ1v) is 8.73. The minimum Gasteiger partial charge on any atom is -0.313 e. The summed E-state index contributed by atoms with van der Waals surface area (Å²) in [6.07, 6.45) is 0. The van der Waals surface area contributed by atoms with Crippen LogP contribution in [0.25, 0.3) is 0 Å². The van der Waals surface area contributed by atoms with Crippen LogP contribution in [0.4, 0.5) is 0 Å². The lowest BCUT2D eigenvalue weighted by molar-refractivity contribution is 0.278. The third-order valence-corrected chi connectivity index (χ3v) is 5.24. The van der Waals surface area contributed by atoms with E-state index in [1.165, 1.54) is 0 Å². The van der Waals surface area contributed by atoms with E-state index in [4.69, 9.17) is 0 Å². The number of nitrogens with zero attached hydrogens (tertiary/aromatic N) is 1. The van der Waals surface area contributed by atoms with Crippen molar-refractivity contribution >= 4 is 10.0 Å². The smallest absolute Gasteiger partial charge is 0.240 e. The summed E-state index contributed by atoms with van der Waals surface area (Å²) in [6, 6.07) is 7.59. The van der Waals surface area contributed by atoms with Crippen molar-refractivity contribution in [2.24, 2.45) is 0 Å². The van der Waals surface area contributed by atoms with Gasteiger partial charge in [-0.05, 0) is 52.6 Å². The van der Waals surface area contributed by atoms with Crippen LogP contribution < -0.4 is 10.0 Å². The minimum absolute atomic E-state index is 0.203. The fourth-order valence-corrected chi connectivity index (χ4v) is 2.82. The highest BCUT2D eigenvalue weighted by Gasteiger charge is 2.14. The molecule has 5 nitrogen and oxygen atoms in total. The second-order valence-electron chi connectivity index (χ2n) is 5.55. The maximum atomic E-state index is 12.2. The quantitative estimate of drug-likeness (QED) is 0.765. The van der Waals surface area contributed by atoms with Crippen LogP contribution in [0.5, 0.6) is 0 Å². The van der Waals surface area contributed by atoms with Crippen LogP contribution in [-0.2, 0) is 10.0 Å². The van der Waals surface area contributed by atoms with Gasteiger partial charge in [0.2, 0.25) is 10.0 Å².